The van der Waals surface area contributed by atoms with Gasteiger partial charge in [-0.1, -0.05) is 30.3 Å². The van der Waals surface area contributed by atoms with Crippen molar-refractivity contribution < 1.29 is 13.2 Å². The van der Waals surface area contributed by atoms with Crippen LogP contribution in [0.25, 0.3) is 5.69 Å². The van der Waals surface area contributed by atoms with Crippen LogP contribution < -0.4 is 5.14 Å². The highest BCUT2D eigenvalue weighted by molar-refractivity contribution is 7.89. The number of para-hydroxylation sites is 1. The number of sulfonamides is 1. The number of primary sulfonamides is 1. The van der Waals surface area contributed by atoms with Crippen molar-refractivity contribution in [3.05, 3.63) is 77.6 Å². The first kappa shape index (κ1) is 20.3. The van der Waals surface area contributed by atoms with Crippen molar-refractivity contribution in [3.63, 3.8) is 0 Å². The van der Waals surface area contributed by atoms with Gasteiger partial charge in [-0.05, 0) is 55.7 Å². The number of rotatable bonds is 6. The quantitative estimate of drug-likeness (QED) is 0.657. The number of aromatic nitrogens is 2. The molecule has 156 valence electrons. The molecule has 30 heavy (non-hydrogen) atoms. The summed E-state index contributed by atoms with van der Waals surface area (Å²) < 4.78 is 24.7. The second-order valence-corrected chi connectivity index (χ2v) is 9.24. The van der Waals surface area contributed by atoms with Crippen LogP contribution in [-0.4, -0.2) is 36.1 Å². The zero-order valence-electron chi connectivity index (χ0n) is 16.9. The molecule has 0 saturated heterocycles. The van der Waals surface area contributed by atoms with E-state index < -0.39 is 10.0 Å². The molecule has 3 aromatic rings. The molecule has 8 heteroatoms. The second-order valence-electron chi connectivity index (χ2n) is 7.68. The lowest BCUT2D eigenvalue weighted by molar-refractivity contribution is 0.0733. The predicted molar refractivity (Wildman–Crippen MR) is 114 cm³/mol. The van der Waals surface area contributed by atoms with Crippen LogP contribution in [0.1, 0.15) is 53.5 Å². The Bertz CT molecular complexity index is 1170. The number of benzene rings is 2. The molecule has 0 unspecified atom stereocenters. The molecule has 2 N–H and O–H groups in total. The minimum Gasteiger partial charge on any atom is -0.334 e. The molecule has 0 aliphatic heterocycles. The van der Waals surface area contributed by atoms with Gasteiger partial charge < -0.3 is 4.90 Å². The normalized spacial score (nSPS) is 15.0. The van der Waals surface area contributed by atoms with E-state index >= 15 is 0 Å². The summed E-state index contributed by atoms with van der Waals surface area (Å²) in [6, 6.07) is 17.5. The maximum absolute atomic E-state index is 13.4. The Kier molecular flexibility index (Phi) is 5.21. The van der Waals surface area contributed by atoms with E-state index in [1.165, 1.54) is 12.1 Å². The molecule has 2 aromatic carbocycles. The standard InChI is InChI=1S/C22H24N4O3S/c1-15(16-10-12-19(13-11-16)30(23,28)29)25(2)22(27)21-14-20(17-8-9-17)24-26(21)18-6-4-3-5-7-18/h3-7,10-15,17H,8-9H2,1-2H3,(H2,23,28,29)/t15-/m1/s1. The maximum atomic E-state index is 13.4. The van der Waals surface area contributed by atoms with Crippen molar-refractivity contribution in [2.75, 3.05) is 7.05 Å². The van der Waals surface area contributed by atoms with Crippen LogP contribution in [0, 0.1) is 0 Å². The van der Waals surface area contributed by atoms with Gasteiger partial charge in [0.15, 0.2) is 0 Å². The molecular weight excluding hydrogens is 400 g/mol. The fraction of sp³-hybridized carbons (Fsp3) is 0.273. The number of nitrogens with zero attached hydrogens (tertiary/aromatic N) is 3. The van der Waals surface area contributed by atoms with Gasteiger partial charge >= 0.3 is 0 Å². The highest BCUT2D eigenvalue weighted by Gasteiger charge is 2.30. The molecular formula is C22H24N4O3S. The lowest BCUT2D eigenvalue weighted by atomic mass is 10.1. The van der Waals surface area contributed by atoms with E-state index in [4.69, 9.17) is 10.2 Å². The smallest absolute Gasteiger partial charge is 0.272 e. The van der Waals surface area contributed by atoms with Crippen LogP contribution in [0.3, 0.4) is 0 Å². The van der Waals surface area contributed by atoms with Crippen LogP contribution >= 0.6 is 0 Å². The van der Waals surface area contributed by atoms with Crippen LogP contribution in [0.2, 0.25) is 0 Å². The van der Waals surface area contributed by atoms with E-state index in [1.807, 2.05) is 43.3 Å². The van der Waals surface area contributed by atoms with Gasteiger partial charge in [0, 0.05) is 13.0 Å². The third kappa shape index (κ3) is 4.01. The summed E-state index contributed by atoms with van der Waals surface area (Å²) in [5.74, 6) is 0.274. The Balaban J connectivity index is 1.64. The van der Waals surface area contributed by atoms with Gasteiger partial charge in [-0.3, -0.25) is 4.79 Å². The van der Waals surface area contributed by atoms with E-state index in [0.29, 0.717) is 11.6 Å². The summed E-state index contributed by atoms with van der Waals surface area (Å²) in [6.07, 6.45) is 2.20. The molecule has 1 aromatic heterocycles. The molecule has 0 spiro atoms. The summed E-state index contributed by atoms with van der Waals surface area (Å²) in [5, 5.41) is 9.87. The summed E-state index contributed by atoms with van der Waals surface area (Å²) >= 11 is 0. The largest absolute Gasteiger partial charge is 0.334 e. The summed E-state index contributed by atoms with van der Waals surface area (Å²) in [5.41, 5.74) is 3.11. The van der Waals surface area contributed by atoms with E-state index in [1.54, 1.807) is 28.8 Å². The van der Waals surface area contributed by atoms with E-state index in [-0.39, 0.29) is 16.8 Å². The van der Waals surface area contributed by atoms with Crippen LogP contribution in [0.5, 0.6) is 0 Å². The highest BCUT2D eigenvalue weighted by Crippen LogP contribution is 2.40. The fourth-order valence-electron chi connectivity index (χ4n) is 3.41. The van der Waals surface area contributed by atoms with Gasteiger partial charge in [0.05, 0.1) is 22.3 Å². The average Bonchev–Trinajstić information content (AvgIpc) is 3.50. The van der Waals surface area contributed by atoms with Crippen molar-refractivity contribution in [3.8, 4) is 5.69 Å². The van der Waals surface area contributed by atoms with Gasteiger partial charge in [-0.2, -0.15) is 5.10 Å². The molecule has 4 rings (SSSR count). The third-order valence-corrected chi connectivity index (χ3v) is 6.47. The van der Waals surface area contributed by atoms with Crippen molar-refractivity contribution >= 4 is 15.9 Å². The molecule has 0 radical (unpaired) electrons. The lowest BCUT2D eigenvalue weighted by Crippen LogP contribution is -2.31. The number of amides is 1. The topological polar surface area (TPSA) is 98.3 Å². The van der Waals surface area contributed by atoms with Crippen LogP contribution in [0.4, 0.5) is 0 Å². The van der Waals surface area contributed by atoms with E-state index in [0.717, 1.165) is 29.8 Å². The van der Waals surface area contributed by atoms with E-state index in [2.05, 4.69) is 0 Å². The van der Waals surface area contributed by atoms with E-state index in [9.17, 15) is 13.2 Å². The van der Waals surface area contributed by atoms with Gasteiger partial charge in [-0.25, -0.2) is 18.2 Å². The Hall–Kier alpha value is -2.97. The molecule has 1 aliphatic rings. The first-order valence-electron chi connectivity index (χ1n) is 9.81. The zero-order valence-corrected chi connectivity index (χ0v) is 17.7. The Morgan fingerprint density at radius 2 is 1.77 bits per heavy atom. The number of carbonyl (C=O) groups is 1. The van der Waals surface area contributed by atoms with Gasteiger partial charge in [0.2, 0.25) is 10.0 Å². The number of hydrogen-bond acceptors (Lipinski definition) is 4. The lowest BCUT2D eigenvalue weighted by Gasteiger charge is -2.25. The van der Waals surface area contributed by atoms with Crippen molar-refractivity contribution in [1.29, 1.82) is 0 Å². The van der Waals surface area contributed by atoms with Crippen LogP contribution in [0.15, 0.2) is 65.6 Å². The fourth-order valence-corrected chi connectivity index (χ4v) is 3.93. The van der Waals surface area contributed by atoms with Crippen molar-refractivity contribution in [2.45, 2.75) is 36.6 Å². The monoisotopic (exact) mass is 424 g/mol. The molecule has 1 aliphatic carbocycles. The summed E-state index contributed by atoms with van der Waals surface area (Å²) in [6.45, 7) is 1.90. The minimum absolute atomic E-state index is 0.0451. The maximum Gasteiger partial charge on any atom is 0.272 e. The Morgan fingerprint density at radius 3 is 2.33 bits per heavy atom. The molecule has 1 fully saturated rings. The molecule has 0 bridgehead atoms. The summed E-state index contributed by atoms with van der Waals surface area (Å²) in [7, 11) is -2.02. The minimum atomic E-state index is -3.75. The van der Waals surface area contributed by atoms with Crippen molar-refractivity contribution in [2.24, 2.45) is 5.14 Å². The Morgan fingerprint density at radius 1 is 1.13 bits per heavy atom. The SMILES string of the molecule is C[C@H](c1ccc(S(N)(=O)=O)cc1)N(C)C(=O)c1cc(C2CC2)nn1-c1ccccc1. The molecule has 1 amide bonds. The number of nitrogens with two attached hydrogens (primary N) is 1. The first-order valence-corrected chi connectivity index (χ1v) is 11.4. The van der Waals surface area contributed by atoms with Gasteiger partial charge in [-0.15, -0.1) is 0 Å². The Labute approximate surface area is 176 Å². The number of carbonyl (C=O) groups excluding carboxylic acids is 1. The molecule has 7 nitrogen and oxygen atoms in total. The first-order chi connectivity index (χ1) is 14.3. The molecule has 1 heterocycles. The average molecular weight is 425 g/mol. The third-order valence-electron chi connectivity index (χ3n) is 5.54. The van der Waals surface area contributed by atoms with Gasteiger partial charge in [0.25, 0.3) is 5.91 Å². The predicted octanol–water partition coefficient (Wildman–Crippen LogP) is 3.23. The highest BCUT2D eigenvalue weighted by atomic mass is 32.2. The zero-order chi connectivity index (χ0) is 21.5. The molecule has 1 atom stereocenters. The number of hydrogen-bond donors (Lipinski definition) is 1. The van der Waals surface area contributed by atoms with Crippen molar-refractivity contribution in [1.82, 2.24) is 14.7 Å². The second kappa shape index (κ2) is 7.70. The summed E-state index contributed by atoms with van der Waals surface area (Å²) in [4.78, 5) is 15.1. The van der Waals surface area contributed by atoms with Gasteiger partial charge in [0.1, 0.15) is 5.69 Å². The molecule has 1 saturated carbocycles. The van der Waals surface area contributed by atoms with Crippen LogP contribution in [-0.2, 0) is 10.0 Å².